The Balaban J connectivity index is 2.07. The number of Topliss-reactive ketones (excluding diaryl/α,β-unsaturated/α-hetero) is 1. The molecule has 0 saturated heterocycles. The van der Waals surface area contributed by atoms with E-state index in [2.05, 4.69) is 26.2 Å². The molecule has 6 heteroatoms. The molecule has 0 bridgehead atoms. The lowest BCUT2D eigenvalue weighted by atomic mass is 10.0. The van der Waals surface area contributed by atoms with Gasteiger partial charge in [0.25, 0.3) is 5.91 Å². The van der Waals surface area contributed by atoms with Crippen LogP contribution in [-0.2, 0) is 17.6 Å². The number of aromatic nitrogens is 1. The normalized spacial score (nSPS) is 11.2. The topological polar surface area (TPSA) is 79.3 Å². The number of rotatable bonds is 5. The first-order valence-corrected chi connectivity index (χ1v) is 8.70. The highest BCUT2D eigenvalue weighted by atomic mass is 79.9. The molecule has 0 saturated carbocycles. The number of pyridine rings is 1. The lowest BCUT2D eigenvalue weighted by Crippen LogP contribution is -2.40. The molecule has 0 fully saturated rings. The summed E-state index contributed by atoms with van der Waals surface area (Å²) in [6, 6.07) is 8.33. The third-order valence-electron chi connectivity index (χ3n) is 3.38. The lowest BCUT2D eigenvalue weighted by Gasteiger charge is -2.20. The number of phenols is 1. The maximum atomic E-state index is 12.3. The molecule has 1 aromatic heterocycles. The van der Waals surface area contributed by atoms with Gasteiger partial charge in [0.1, 0.15) is 17.2 Å². The number of nitrogens with zero attached hydrogens (tertiary/aromatic N) is 1. The molecule has 1 heterocycles. The molecule has 0 spiro atoms. The number of carbonyl (C=O) groups is 2. The summed E-state index contributed by atoms with van der Waals surface area (Å²) in [5, 5.41) is 12.7. The number of nitrogens with one attached hydrogen (secondary N) is 1. The zero-order valence-electron chi connectivity index (χ0n) is 14.5. The number of amides is 1. The van der Waals surface area contributed by atoms with E-state index < -0.39 is 0 Å². The maximum Gasteiger partial charge on any atom is 0.270 e. The second-order valence-corrected chi connectivity index (χ2v) is 7.83. The highest BCUT2D eigenvalue weighted by molar-refractivity contribution is 9.10. The summed E-state index contributed by atoms with van der Waals surface area (Å²) in [5.41, 5.74) is 1.21. The van der Waals surface area contributed by atoms with Crippen molar-refractivity contribution in [2.24, 2.45) is 0 Å². The van der Waals surface area contributed by atoms with Gasteiger partial charge in [0.2, 0.25) is 0 Å². The molecule has 0 unspecified atom stereocenters. The predicted molar refractivity (Wildman–Crippen MR) is 99.7 cm³/mol. The van der Waals surface area contributed by atoms with Crippen LogP contribution in [0, 0.1) is 0 Å². The Bertz CT molecular complexity index is 797. The van der Waals surface area contributed by atoms with Crippen molar-refractivity contribution in [3.05, 3.63) is 57.8 Å². The van der Waals surface area contributed by atoms with Crippen LogP contribution in [0.25, 0.3) is 0 Å². The average Bonchev–Trinajstić information content (AvgIpc) is 2.49. The Morgan fingerprint density at radius 2 is 1.88 bits per heavy atom. The van der Waals surface area contributed by atoms with Gasteiger partial charge in [0.15, 0.2) is 0 Å². The summed E-state index contributed by atoms with van der Waals surface area (Å²) in [7, 11) is 0. The Labute approximate surface area is 155 Å². The molecular weight excluding hydrogens is 384 g/mol. The number of hydrogen-bond acceptors (Lipinski definition) is 4. The van der Waals surface area contributed by atoms with E-state index >= 15 is 0 Å². The number of phenolic OH excluding ortho intramolecular Hbond substituents is 1. The first-order chi connectivity index (χ1) is 11.6. The summed E-state index contributed by atoms with van der Waals surface area (Å²) in [4.78, 5) is 28.6. The first-order valence-electron chi connectivity index (χ1n) is 7.90. The van der Waals surface area contributed by atoms with E-state index in [1.54, 1.807) is 30.3 Å². The summed E-state index contributed by atoms with van der Waals surface area (Å²) < 4.78 is 0.804. The van der Waals surface area contributed by atoms with Gasteiger partial charge in [0, 0.05) is 34.6 Å². The lowest BCUT2D eigenvalue weighted by molar-refractivity contribution is -0.117. The highest BCUT2D eigenvalue weighted by Gasteiger charge is 2.17. The van der Waals surface area contributed by atoms with Crippen molar-refractivity contribution in [1.29, 1.82) is 0 Å². The van der Waals surface area contributed by atoms with E-state index in [1.807, 2.05) is 20.8 Å². The van der Waals surface area contributed by atoms with Gasteiger partial charge >= 0.3 is 0 Å². The van der Waals surface area contributed by atoms with Gasteiger partial charge in [-0.25, -0.2) is 0 Å². The van der Waals surface area contributed by atoms with Gasteiger partial charge in [-0.2, -0.15) is 0 Å². The Morgan fingerprint density at radius 1 is 1.16 bits per heavy atom. The molecule has 5 nitrogen and oxygen atoms in total. The van der Waals surface area contributed by atoms with E-state index in [4.69, 9.17) is 0 Å². The van der Waals surface area contributed by atoms with Crippen LogP contribution in [-0.4, -0.2) is 27.3 Å². The fraction of sp³-hybridized carbons (Fsp3) is 0.316. The fourth-order valence-electron chi connectivity index (χ4n) is 2.31. The Kier molecular flexibility index (Phi) is 5.95. The van der Waals surface area contributed by atoms with Crippen molar-refractivity contribution in [1.82, 2.24) is 10.3 Å². The standard InChI is InChI=1S/C19H21BrN2O3/c1-19(2,3)22-18(25)16-9-12(6-7-21-16)8-15(23)11-13-10-14(20)4-5-17(13)24/h4-7,9-10,24H,8,11H2,1-3H3,(H,22,25). The van der Waals surface area contributed by atoms with E-state index in [9.17, 15) is 14.7 Å². The van der Waals surface area contributed by atoms with E-state index in [-0.39, 0.29) is 41.5 Å². The molecule has 25 heavy (non-hydrogen) atoms. The molecule has 2 aromatic rings. The van der Waals surface area contributed by atoms with Crippen molar-refractivity contribution in [3.63, 3.8) is 0 Å². The zero-order valence-corrected chi connectivity index (χ0v) is 16.1. The Morgan fingerprint density at radius 3 is 2.56 bits per heavy atom. The summed E-state index contributed by atoms with van der Waals surface area (Å²) in [6.07, 6.45) is 1.82. The quantitative estimate of drug-likeness (QED) is 0.799. The first kappa shape index (κ1) is 19.1. The van der Waals surface area contributed by atoms with Crippen LogP contribution in [0.15, 0.2) is 41.0 Å². The number of hydrogen-bond donors (Lipinski definition) is 2. The van der Waals surface area contributed by atoms with Crippen LogP contribution in [0.2, 0.25) is 0 Å². The number of aromatic hydroxyl groups is 1. The van der Waals surface area contributed by atoms with Crippen molar-refractivity contribution in [3.8, 4) is 5.75 Å². The highest BCUT2D eigenvalue weighted by Crippen LogP contribution is 2.22. The van der Waals surface area contributed by atoms with Crippen LogP contribution in [0.1, 0.15) is 42.4 Å². The summed E-state index contributed by atoms with van der Waals surface area (Å²) in [6.45, 7) is 5.67. The average molecular weight is 405 g/mol. The van der Waals surface area contributed by atoms with Crippen LogP contribution < -0.4 is 5.32 Å². The van der Waals surface area contributed by atoms with Crippen molar-refractivity contribution in [2.75, 3.05) is 0 Å². The molecule has 0 aliphatic carbocycles. The number of halogens is 1. The van der Waals surface area contributed by atoms with Crippen molar-refractivity contribution >= 4 is 27.6 Å². The van der Waals surface area contributed by atoms with Crippen LogP contribution in [0.5, 0.6) is 5.75 Å². The second kappa shape index (κ2) is 7.78. The van der Waals surface area contributed by atoms with Crippen LogP contribution >= 0.6 is 15.9 Å². The van der Waals surface area contributed by atoms with Crippen LogP contribution in [0.4, 0.5) is 0 Å². The van der Waals surface area contributed by atoms with Crippen LogP contribution in [0.3, 0.4) is 0 Å². The Hall–Kier alpha value is -2.21. The predicted octanol–water partition coefficient (Wildman–Crippen LogP) is 3.43. The number of carbonyl (C=O) groups excluding carboxylic acids is 2. The third kappa shape index (κ3) is 5.98. The molecule has 0 atom stereocenters. The second-order valence-electron chi connectivity index (χ2n) is 6.92. The zero-order chi connectivity index (χ0) is 18.6. The van der Waals surface area contributed by atoms with Gasteiger partial charge in [-0.05, 0) is 56.7 Å². The third-order valence-corrected chi connectivity index (χ3v) is 3.87. The molecule has 1 aromatic carbocycles. The number of benzene rings is 1. The molecule has 2 N–H and O–H groups in total. The molecule has 0 radical (unpaired) electrons. The smallest absolute Gasteiger partial charge is 0.270 e. The van der Waals surface area contributed by atoms with Crippen molar-refractivity contribution in [2.45, 2.75) is 39.2 Å². The summed E-state index contributed by atoms with van der Waals surface area (Å²) >= 11 is 3.33. The molecule has 132 valence electrons. The maximum absolute atomic E-state index is 12.3. The largest absolute Gasteiger partial charge is 0.508 e. The molecule has 0 aliphatic rings. The molecule has 2 rings (SSSR count). The van der Waals surface area contributed by atoms with Gasteiger partial charge < -0.3 is 10.4 Å². The minimum absolute atomic E-state index is 0.0539. The van der Waals surface area contributed by atoms with Gasteiger partial charge in [-0.1, -0.05) is 15.9 Å². The molecule has 1 amide bonds. The monoisotopic (exact) mass is 404 g/mol. The SMILES string of the molecule is CC(C)(C)NC(=O)c1cc(CC(=O)Cc2cc(Br)ccc2O)ccn1. The van der Waals surface area contributed by atoms with Gasteiger partial charge in [-0.3, -0.25) is 14.6 Å². The molecular formula is C19H21BrN2O3. The molecule has 0 aliphatic heterocycles. The minimum atomic E-state index is -0.358. The minimum Gasteiger partial charge on any atom is -0.508 e. The number of ketones is 1. The van der Waals surface area contributed by atoms with E-state index in [0.717, 1.165) is 4.47 Å². The van der Waals surface area contributed by atoms with E-state index in [1.165, 1.54) is 6.20 Å². The van der Waals surface area contributed by atoms with Gasteiger partial charge in [-0.15, -0.1) is 0 Å². The van der Waals surface area contributed by atoms with Crippen molar-refractivity contribution < 1.29 is 14.7 Å². The fourth-order valence-corrected chi connectivity index (χ4v) is 2.72. The summed E-state index contributed by atoms with van der Waals surface area (Å²) in [5.74, 6) is -0.232. The van der Waals surface area contributed by atoms with Gasteiger partial charge in [0.05, 0.1) is 0 Å². The van der Waals surface area contributed by atoms with E-state index in [0.29, 0.717) is 11.1 Å².